The van der Waals surface area contributed by atoms with E-state index in [2.05, 4.69) is 15.9 Å². The van der Waals surface area contributed by atoms with Gasteiger partial charge in [-0.1, -0.05) is 40.5 Å². The van der Waals surface area contributed by atoms with Crippen molar-refractivity contribution in [1.29, 1.82) is 0 Å². The van der Waals surface area contributed by atoms with Crippen LogP contribution < -0.4 is 0 Å². The molecule has 0 fully saturated rings. The summed E-state index contributed by atoms with van der Waals surface area (Å²) < 4.78 is 0. The van der Waals surface area contributed by atoms with Gasteiger partial charge >= 0.3 is 0 Å². The molecule has 0 heterocycles. The minimum Gasteiger partial charge on any atom is -0.392 e. The Kier molecular flexibility index (Phi) is 4.77. The number of alkyl halides is 1. The lowest BCUT2D eigenvalue weighted by molar-refractivity contribution is 0.102. The van der Waals surface area contributed by atoms with Crippen molar-refractivity contribution in [2.45, 2.75) is 20.0 Å². The van der Waals surface area contributed by atoms with Crippen LogP contribution in [-0.4, -0.2) is 16.2 Å². The fourth-order valence-electron chi connectivity index (χ4n) is 1.41. The summed E-state index contributed by atoms with van der Waals surface area (Å²) in [7, 11) is 0. The van der Waals surface area contributed by atoms with Gasteiger partial charge in [-0.15, -0.1) is 0 Å². The second-order valence-corrected chi connectivity index (χ2v) is 4.14. The molecule has 0 aromatic heterocycles. The minimum absolute atomic E-state index is 0.0123. The quantitative estimate of drug-likeness (QED) is 0.684. The predicted octanol–water partition coefficient (Wildman–Crippen LogP) is 2.97. The maximum atomic E-state index is 11.6. The number of hydrogen-bond donors (Lipinski definition) is 1. The SMILES string of the molecule is CCc1cc(CO)c(Cl)cc1C(=O)CBr. The molecule has 1 aromatic rings. The van der Waals surface area contributed by atoms with Gasteiger partial charge in [-0.2, -0.15) is 0 Å². The first kappa shape index (κ1) is 12.7. The van der Waals surface area contributed by atoms with Crippen LogP contribution in [0.4, 0.5) is 0 Å². The molecule has 0 aliphatic heterocycles. The monoisotopic (exact) mass is 290 g/mol. The van der Waals surface area contributed by atoms with Crippen LogP contribution in [0, 0.1) is 0 Å². The van der Waals surface area contributed by atoms with Crippen LogP contribution in [-0.2, 0) is 13.0 Å². The Balaban J connectivity index is 3.27. The molecule has 1 aromatic carbocycles. The highest BCUT2D eigenvalue weighted by Crippen LogP contribution is 2.23. The third kappa shape index (κ3) is 2.80. The van der Waals surface area contributed by atoms with E-state index in [9.17, 15) is 4.79 Å². The van der Waals surface area contributed by atoms with Gasteiger partial charge in [0.05, 0.1) is 11.9 Å². The number of benzene rings is 1. The van der Waals surface area contributed by atoms with E-state index in [1.54, 1.807) is 12.1 Å². The second kappa shape index (κ2) is 5.64. The van der Waals surface area contributed by atoms with Crippen LogP contribution in [0.25, 0.3) is 0 Å². The standard InChI is InChI=1S/C11H12BrClO2/c1-2-7-3-8(6-14)10(13)4-9(7)11(15)5-12/h3-4,14H,2,5-6H2,1H3. The van der Waals surface area contributed by atoms with E-state index in [1.165, 1.54) is 0 Å². The molecule has 82 valence electrons. The molecule has 1 N–H and O–H groups in total. The summed E-state index contributed by atoms with van der Waals surface area (Å²) in [6.07, 6.45) is 0.748. The fraction of sp³-hybridized carbons (Fsp3) is 0.364. The van der Waals surface area contributed by atoms with Crippen LogP contribution in [0.5, 0.6) is 0 Å². The Morgan fingerprint density at radius 1 is 1.47 bits per heavy atom. The molecule has 0 saturated heterocycles. The Hall–Kier alpha value is -0.380. The van der Waals surface area contributed by atoms with Crippen LogP contribution in [0.1, 0.15) is 28.4 Å². The fourth-order valence-corrected chi connectivity index (χ4v) is 1.94. The molecule has 0 saturated carbocycles. The number of Topliss-reactive ketones (excluding diaryl/α,β-unsaturated/α-hetero) is 1. The number of hydrogen-bond acceptors (Lipinski definition) is 2. The molecule has 0 unspecified atom stereocenters. The molecule has 0 spiro atoms. The van der Waals surface area contributed by atoms with E-state index in [0.29, 0.717) is 16.1 Å². The first-order valence-electron chi connectivity index (χ1n) is 4.65. The molecule has 0 bridgehead atoms. The molecule has 0 aliphatic rings. The van der Waals surface area contributed by atoms with Crippen molar-refractivity contribution in [3.05, 3.63) is 33.8 Å². The normalized spacial score (nSPS) is 10.4. The van der Waals surface area contributed by atoms with Crippen LogP contribution in [0.3, 0.4) is 0 Å². The molecule has 4 heteroatoms. The summed E-state index contributed by atoms with van der Waals surface area (Å²) in [5.41, 5.74) is 2.23. The molecular weight excluding hydrogens is 279 g/mol. The van der Waals surface area contributed by atoms with Crippen molar-refractivity contribution in [3.8, 4) is 0 Å². The second-order valence-electron chi connectivity index (χ2n) is 3.17. The Morgan fingerprint density at radius 2 is 2.13 bits per heavy atom. The highest BCUT2D eigenvalue weighted by Gasteiger charge is 2.12. The zero-order valence-corrected chi connectivity index (χ0v) is 10.7. The summed E-state index contributed by atoms with van der Waals surface area (Å²) in [4.78, 5) is 11.6. The number of ketones is 1. The van der Waals surface area contributed by atoms with Gasteiger partial charge < -0.3 is 5.11 Å². The van der Waals surface area contributed by atoms with Crippen LogP contribution >= 0.6 is 27.5 Å². The average Bonchev–Trinajstić information content (AvgIpc) is 2.27. The maximum absolute atomic E-state index is 11.6. The molecule has 0 atom stereocenters. The number of aliphatic hydroxyl groups excluding tert-OH is 1. The Labute approximate surface area is 102 Å². The predicted molar refractivity (Wildman–Crippen MR) is 64.9 cm³/mol. The summed E-state index contributed by atoms with van der Waals surface area (Å²) in [6, 6.07) is 3.42. The van der Waals surface area contributed by atoms with Crippen molar-refractivity contribution in [2.75, 3.05) is 5.33 Å². The zero-order chi connectivity index (χ0) is 11.4. The number of rotatable bonds is 4. The minimum atomic E-state index is -0.103. The van der Waals surface area contributed by atoms with Gasteiger partial charge in [-0.3, -0.25) is 4.79 Å². The van der Waals surface area contributed by atoms with Crippen molar-refractivity contribution < 1.29 is 9.90 Å². The maximum Gasteiger partial charge on any atom is 0.173 e. The number of halogens is 2. The van der Waals surface area contributed by atoms with Gasteiger partial charge in [0, 0.05) is 10.6 Å². The number of aryl methyl sites for hydroxylation is 1. The van der Waals surface area contributed by atoms with E-state index in [1.807, 2.05) is 6.92 Å². The third-order valence-corrected chi connectivity index (χ3v) is 3.11. The van der Waals surface area contributed by atoms with Gasteiger partial charge in [0.1, 0.15) is 0 Å². The molecular formula is C11H12BrClO2. The first-order chi connectivity index (χ1) is 7.13. The molecule has 0 amide bonds. The lowest BCUT2D eigenvalue weighted by Crippen LogP contribution is -2.05. The third-order valence-electron chi connectivity index (χ3n) is 2.25. The number of carbonyl (C=O) groups is 1. The molecule has 1 rings (SSSR count). The van der Waals surface area contributed by atoms with E-state index in [0.717, 1.165) is 12.0 Å². The van der Waals surface area contributed by atoms with Crippen molar-refractivity contribution in [2.24, 2.45) is 0 Å². The smallest absolute Gasteiger partial charge is 0.173 e. The topological polar surface area (TPSA) is 37.3 Å². The molecule has 0 aliphatic carbocycles. The van der Waals surface area contributed by atoms with Gasteiger partial charge in [-0.25, -0.2) is 0 Å². The van der Waals surface area contributed by atoms with E-state index in [-0.39, 0.29) is 17.7 Å². The highest BCUT2D eigenvalue weighted by atomic mass is 79.9. The average molecular weight is 292 g/mol. The van der Waals surface area contributed by atoms with Crippen molar-refractivity contribution in [3.63, 3.8) is 0 Å². The highest BCUT2D eigenvalue weighted by molar-refractivity contribution is 9.09. The lowest BCUT2D eigenvalue weighted by atomic mass is 9.99. The van der Waals surface area contributed by atoms with E-state index < -0.39 is 0 Å². The summed E-state index contributed by atoms with van der Waals surface area (Å²) in [6.45, 7) is 1.87. The molecule has 0 radical (unpaired) electrons. The van der Waals surface area contributed by atoms with E-state index in [4.69, 9.17) is 16.7 Å². The van der Waals surface area contributed by atoms with Crippen LogP contribution in [0.15, 0.2) is 12.1 Å². The summed E-state index contributed by atoms with van der Waals surface area (Å²) in [5, 5.41) is 9.78. The number of carbonyl (C=O) groups excluding carboxylic acids is 1. The van der Waals surface area contributed by atoms with E-state index >= 15 is 0 Å². The van der Waals surface area contributed by atoms with Gasteiger partial charge in [-0.05, 0) is 23.6 Å². The lowest BCUT2D eigenvalue weighted by Gasteiger charge is -2.09. The van der Waals surface area contributed by atoms with Crippen molar-refractivity contribution >= 4 is 33.3 Å². The molecule has 2 nitrogen and oxygen atoms in total. The largest absolute Gasteiger partial charge is 0.392 e. The van der Waals surface area contributed by atoms with Gasteiger partial charge in [0.25, 0.3) is 0 Å². The molecule has 15 heavy (non-hydrogen) atoms. The van der Waals surface area contributed by atoms with Gasteiger partial charge in [0.2, 0.25) is 0 Å². The summed E-state index contributed by atoms with van der Waals surface area (Å²) in [5.74, 6) is 0.0123. The summed E-state index contributed by atoms with van der Waals surface area (Å²) >= 11 is 9.06. The zero-order valence-electron chi connectivity index (χ0n) is 8.39. The van der Waals surface area contributed by atoms with Crippen LogP contribution in [0.2, 0.25) is 5.02 Å². The van der Waals surface area contributed by atoms with Gasteiger partial charge in [0.15, 0.2) is 5.78 Å². The first-order valence-corrected chi connectivity index (χ1v) is 6.15. The Bertz CT molecular complexity index is 377. The van der Waals surface area contributed by atoms with Crippen molar-refractivity contribution in [1.82, 2.24) is 0 Å². The number of aliphatic hydroxyl groups is 1. The Morgan fingerprint density at radius 3 is 2.60 bits per heavy atom.